The zero-order valence-electron chi connectivity index (χ0n) is 9.86. The monoisotopic (exact) mass is 218 g/mol. The van der Waals surface area contributed by atoms with E-state index in [1.54, 1.807) is 4.90 Å². The minimum absolute atomic E-state index is 0.00510. The van der Waals surface area contributed by atoms with Crippen LogP contribution in [-0.2, 0) is 11.3 Å². The molecular weight excluding hydrogens is 200 g/mol. The van der Waals surface area contributed by atoms with Crippen LogP contribution in [0, 0.1) is 6.92 Å². The van der Waals surface area contributed by atoms with Crippen molar-refractivity contribution in [3.8, 4) is 0 Å². The van der Waals surface area contributed by atoms with Crippen molar-refractivity contribution in [1.82, 2.24) is 10.2 Å². The van der Waals surface area contributed by atoms with Crippen LogP contribution in [0.15, 0.2) is 24.3 Å². The van der Waals surface area contributed by atoms with E-state index in [4.69, 9.17) is 0 Å². The molecule has 1 N–H and O–H groups in total. The van der Waals surface area contributed by atoms with Crippen LogP contribution < -0.4 is 5.32 Å². The largest absolute Gasteiger partial charge is 0.344 e. The first kappa shape index (κ1) is 11.1. The van der Waals surface area contributed by atoms with Gasteiger partial charge in [0.2, 0.25) is 5.91 Å². The first-order valence-electron chi connectivity index (χ1n) is 5.71. The maximum absolute atomic E-state index is 11.7. The number of amides is 1. The Hall–Kier alpha value is -1.35. The minimum atomic E-state index is 0.00510. The molecule has 86 valence electrons. The van der Waals surface area contributed by atoms with Crippen molar-refractivity contribution in [2.75, 3.05) is 13.6 Å². The Kier molecular flexibility index (Phi) is 3.25. The normalized spacial score (nSPS) is 20.5. The van der Waals surface area contributed by atoms with Gasteiger partial charge in [0.1, 0.15) is 0 Å². The summed E-state index contributed by atoms with van der Waals surface area (Å²) >= 11 is 0. The lowest BCUT2D eigenvalue weighted by Crippen LogP contribution is -2.36. The topological polar surface area (TPSA) is 32.3 Å². The molecule has 1 aromatic rings. The lowest BCUT2D eigenvalue weighted by Gasteiger charge is -2.12. The molecular formula is C13H18N2O. The van der Waals surface area contributed by atoms with E-state index in [2.05, 4.69) is 36.5 Å². The molecule has 1 aliphatic heterocycles. The summed E-state index contributed by atoms with van der Waals surface area (Å²) in [7, 11) is 1.86. The number of likely N-dealkylation sites (N-methyl/N-ethyl adjacent to an activating group) is 1. The molecule has 1 amide bonds. The molecule has 1 saturated heterocycles. The number of rotatable bonds is 3. The fourth-order valence-corrected chi connectivity index (χ4v) is 2.07. The van der Waals surface area contributed by atoms with Crippen molar-refractivity contribution >= 4 is 5.91 Å². The maximum Gasteiger partial charge on any atom is 0.239 e. The molecule has 3 nitrogen and oxygen atoms in total. The van der Waals surface area contributed by atoms with Gasteiger partial charge in [-0.3, -0.25) is 4.79 Å². The average molecular weight is 218 g/mol. The van der Waals surface area contributed by atoms with Crippen LogP contribution in [0.4, 0.5) is 0 Å². The number of hydrogen-bond donors (Lipinski definition) is 1. The summed E-state index contributed by atoms with van der Waals surface area (Å²) in [6.45, 7) is 3.72. The SMILES string of the molecule is Cc1cccc(CNC2CCN(C)C2=O)c1. The fraction of sp³-hybridized carbons (Fsp3) is 0.462. The van der Waals surface area contributed by atoms with Gasteiger partial charge in [-0.1, -0.05) is 29.8 Å². The molecule has 1 unspecified atom stereocenters. The smallest absolute Gasteiger partial charge is 0.239 e. The van der Waals surface area contributed by atoms with E-state index >= 15 is 0 Å². The van der Waals surface area contributed by atoms with Crippen LogP contribution in [0.3, 0.4) is 0 Å². The van der Waals surface area contributed by atoms with Crippen LogP contribution in [0.25, 0.3) is 0 Å². The third-order valence-electron chi connectivity index (χ3n) is 3.06. The Morgan fingerprint density at radius 3 is 2.94 bits per heavy atom. The van der Waals surface area contributed by atoms with Crippen molar-refractivity contribution in [2.24, 2.45) is 0 Å². The lowest BCUT2D eigenvalue weighted by molar-refractivity contribution is -0.128. The molecule has 1 atom stereocenters. The maximum atomic E-state index is 11.7. The van der Waals surface area contributed by atoms with Crippen molar-refractivity contribution in [3.05, 3.63) is 35.4 Å². The van der Waals surface area contributed by atoms with Crippen molar-refractivity contribution in [1.29, 1.82) is 0 Å². The van der Waals surface area contributed by atoms with Crippen molar-refractivity contribution < 1.29 is 4.79 Å². The van der Waals surface area contributed by atoms with Crippen LogP contribution in [0.5, 0.6) is 0 Å². The van der Waals surface area contributed by atoms with Gasteiger partial charge in [-0.15, -0.1) is 0 Å². The quantitative estimate of drug-likeness (QED) is 0.829. The van der Waals surface area contributed by atoms with Gasteiger partial charge >= 0.3 is 0 Å². The van der Waals surface area contributed by atoms with Gasteiger partial charge in [0.25, 0.3) is 0 Å². The molecule has 0 spiro atoms. The van der Waals surface area contributed by atoms with E-state index < -0.39 is 0 Å². The zero-order chi connectivity index (χ0) is 11.5. The van der Waals surface area contributed by atoms with E-state index in [1.807, 2.05) is 7.05 Å². The van der Waals surface area contributed by atoms with Crippen LogP contribution in [0.2, 0.25) is 0 Å². The molecule has 1 aliphatic rings. The summed E-state index contributed by atoms with van der Waals surface area (Å²) in [5.41, 5.74) is 2.50. The highest BCUT2D eigenvalue weighted by Gasteiger charge is 2.28. The average Bonchev–Trinajstić information content (AvgIpc) is 2.57. The number of likely N-dealkylation sites (tertiary alicyclic amines) is 1. The van der Waals surface area contributed by atoms with Crippen LogP contribution >= 0.6 is 0 Å². The second-order valence-corrected chi connectivity index (χ2v) is 4.47. The molecule has 1 heterocycles. The van der Waals surface area contributed by atoms with Gasteiger partial charge in [-0.05, 0) is 18.9 Å². The molecule has 3 heteroatoms. The molecule has 0 bridgehead atoms. The highest BCUT2D eigenvalue weighted by molar-refractivity contribution is 5.83. The Bertz CT molecular complexity index is 389. The molecule has 1 fully saturated rings. The molecule has 2 rings (SSSR count). The van der Waals surface area contributed by atoms with E-state index in [0.29, 0.717) is 0 Å². The third-order valence-corrected chi connectivity index (χ3v) is 3.06. The summed E-state index contributed by atoms with van der Waals surface area (Å²) in [6.07, 6.45) is 0.918. The summed E-state index contributed by atoms with van der Waals surface area (Å²) in [4.78, 5) is 13.4. The van der Waals surface area contributed by atoms with Gasteiger partial charge < -0.3 is 10.2 Å². The summed E-state index contributed by atoms with van der Waals surface area (Å²) in [6, 6.07) is 8.37. The van der Waals surface area contributed by atoms with Gasteiger partial charge in [0.15, 0.2) is 0 Å². The first-order valence-corrected chi connectivity index (χ1v) is 5.71. The second-order valence-electron chi connectivity index (χ2n) is 4.47. The summed E-state index contributed by atoms with van der Waals surface area (Å²) < 4.78 is 0. The number of nitrogens with one attached hydrogen (secondary N) is 1. The highest BCUT2D eigenvalue weighted by atomic mass is 16.2. The fourth-order valence-electron chi connectivity index (χ4n) is 2.07. The van der Waals surface area contributed by atoms with Gasteiger partial charge in [0, 0.05) is 20.1 Å². The van der Waals surface area contributed by atoms with E-state index in [9.17, 15) is 4.79 Å². The molecule has 0 saturated carbocycles. The van der Waals surface area contributed by atoms with Crippen molar-refractivity contribution in [3.63, 3.8) is 0 Å². The standard InChI is InChI=1S/C13H18N2O/c1-10-4-3-5-11(8-10)9-14-12-6-7-15(2)13(12)16/h3-5,8,12,14H,6-7,9H2,1-2H3. The molecule has 0 radical (unpaired) electrons. The number of aryl methyl sites for hydroxylation is 1. The predicted molar refractivity (Wildman–Crippen MR) is 64.1 cm³/mol. The van der Waals surface area contributed by atoms with E-state index in [1.165, 1.54) is 11.1 Å². The Morgan fingerprint density at radius 2 is 2.31 bits per heavy atom. The van der Waals surface area contributed by atoms with E-state index in [-0.39, 0.29) is 11.9 Å². The molecule has 0 aliphatic carbocycles. The first-order chi connectivity index (χ1) is 7.66. The Balaban J connectivity index is 1.90. The number of carbonyl (C=O) groups is 1. The number of hydrogen-bond acceptors (Lipinski definition) is 2. The van der Waals surface area contributed by atoms with E-state index in [0.717, 1.165) is 19.5 Å². The zero-order valence-corrected chi connectivity index (χ0v) is 9.86. The Labute approximate surface area is 96.5 Å². The minimum Gasteiger partial charge on any atom is -0.344 e. The number of nitrogens with zero attached hydrogens (tertiary/aromatic N) is 1. The van der Waals surface area contributed by atoms with Gasteiger partial charge in [0.05, 0.1) is 6.04 Å². The van der Waals surface area contributed by atoms with Gasteiger partial charge in [-0.25, -0.2) is 0 Å². The Morgan fingerprint density at radius 1 is 1.50 bits per heavy atom. The van der Waals surface area contributed by atoms with Crippen LogP contribution in [0.1, 0.15) is 17.5 Å². The second kappa shape index (κ2) is 4.66. The third kappa shape index (κ3) is 2.42. The lowest BCUT2D eigenvalue weighted by atomic mass is 10.1. The number of carbonyl (C=O) groups excluding carboxylic acids is 1. The molecule has 1 aromatic carbocycles. The molecule has 0 aromatic heterocycles. The number of benzene rings is 1. The predicted octanol–water partition coefficient (Wildman–Crippen LogP) is 1.32. The summed E-state index contributed by atoms with van der Waals surface area (Å²) in [5.74, 6) is 0.215. The molecule has 16 heavy (non-hydrogen) atoms. The summed E-state index contributed by atoms with van der Waals surface area (Å²) in [5, 5.41) is 3.31. The van der Waals surface area contributed by atoms with Crippen LogP contribution in [-0.4, -0.2) is 30.4 Å². The van der Waals surface area contributed by atoms with Gasteiger partial charge in [-0.2, -0.15) is 0 Å². The highest BCUT2D eigenvalue weighted by Crippen LogP contribution is 2.10. The van der Waals surface area contributed by atoms with Crippen molar-refractivity contribution in [2.45, 2.75) is 25.9 Å².